The van der Waals surface area contributed by atoms with E-state index in [0.29, 0.717) is 12.2 Å². The Labute approximate surface area is 122 Å². The smallest absolute Gasteiger partial charge is 0.120 e. The average Bonchev–Trinajstić information content (AvgIpc) is 2.43. The molecule has 2 rings (SSSR count). The maximum atomic E-state index is 8.84. The third-order valence-electron chi connectivity index (χ3n) is 3.80. The summed E-state index contributed by atoms with van der Waals surface area (Å²) in [5.74, 6) is 2.42. The number of benzene rings is 1. The number of piperidine rings is 1. The van der Waals surface area contributed by atoms with Crippen molar-refractivity contribution in [2.24, 2.45) is 11.8 Å². The Balaban J connectivity index is 1.70. The summed E-state index contributed by atoms with van der Waals surface area (Å²) in [5.41, 5.74) is 0.654. The summed E-state index contributed by atoms with van der Waals surface area (Å²) < 4.78 is 5.72. The lowest BCUT2D eigenvalue weighted by molar-refractivity contribution is 0.132. The molecule has 0 N–H and O–H groups in total. The van der Waals surface area contributed by atoms with Gasteiger partial charge in [-0.15, -0.1) is 0 Å². The van der Waals surface area contributed by atoms with Crippen LogP contribution in [0.5, 0.6) is 5.75 Å². The van der Waals surface area contributed by atoms with Crippen LogP contribution in [0.2, 0.25) is 0 Å². The molecular weight excluding hydrogens is 248 g/mol. The van der Waals surface area contributed by atoms with E-state index in [1.165, 1.54) is 19.5 Å². The Hall–Kier alpha value is -1.53. The molecule has 1 aromatic carbocycles. The molecule has 0 aromatic heterocycles. The molecule has 0 aliphatic carbocycles. The van der Waals surface area contributed by atoms with Gasteiger partial charge in [-0.3, -0.25) is 0 Å². The van der Waals surface area contributed by atoms with E-state index in [1.54, 1.807) is 12.1 Å². The van der Waals surface area contributed by atoms with Crippen LogP contribution in [0.4, 0.5) is 0 Å². The molecule has 0 amide bonds. The molecule has 2 atom stereocenters. The van der Waals surface area contributed by atoms with Gasteiger partial charge in [-0.1, -0.05) is 19.9 Å². The Morgan fingerprint density at radius 1 is 1.30 bits per heavy atom. The molecule has 1 aromatic rings. The largest absolute Gasteiger partial charge is 0.494 e. The molecule has 0 spiro atoms. The highest BCUT2D eigenvalue weighted by molar-refractivity contribution is 5.36. The second kappa shape index (κ2) is 7.31. The molecule has 3 nitrogen and oxygen atoms in total. The Morgan fingerprint density at radius 3 is 2.75 bits per heavy atom. The topological polar surface area (TPSA) is 36.3 Å². The lowest BCUT2D eigenvalue weighted by Gasteiger charge is -2.34. The number of ether oxygens (including phenoxy) is 1. The van der Waals surface area contributed by atoms with Crippen molar-refractivity contribution in [3.05, 3.63) is 29.8 Å². The van der Waals surface area contributed by atoms with E-state index >= 15 is 0 Å². The second-order valence-electron chi connectivity index (χ2n) is 6.05. The molecular formula is C17H24N2O. The molecule has 1 fully saturated rings. The minimum atomic E-state index is 0.654. The van der Waals surface area contributed by atoms with Crippen LogP contribution in [-0.4, -0.2) is 31.1 Å². The van der Waals surface area contributed by atoms with Gasteiger partial charge in [0.05, 0.1) is 18.2 Å². The van der Waals surface area contributed by atoms with E-state index in [4.69, 9.17) is 10.00 Å². The third kappa shape index (κ3) is 4.54. The molecule has 1 aliphatic heterocycles. The zero-order valence-electron chi connectivity index (χ0n) is 12.5. The van der Waals surface area contributed by atoms with Gasteiger partial charge in [-0.25, -0.2) is 0 Å². The summed E-state index contributed by atoms with van der Waals surface area (Å²) >= 11 is 0. The first-order valence-electron chi connectivity index (χ1n) is 7.52. The highest BCUT2D eigenvalue weighted by Gasteiger charge is 2.20. The maximum absolute atomic E-state index is 8.84. The monoisotopic (exact) mass is 272 g/mol. The van der Waals surface area contributed by atoms with Crippen LogP contribution in [0.15, 0.2) is 24.3 Å². The van der Waals surface area contributed by atoms with Crippen LogP contribution >= 0.6 is 0 Å². The van der Waals surface area contributed by atoms with E-state index < -0.39 is 0 Å². The zero-order valence-corrected chi connectivity index (χ0v) is 12.5. The van der Waals surface area contributed by atoms with Crippen molar-refractivity contribution in [2.45, 2.75) is 26.7 Å². The van der Waals surface area contributed by atoms with Crippen molar-refractivity contribution in [3.8, 4) is 11.8 Å². The van der Waals surface area contributed by atoms with Gasteiger partial charge in [-0.2, -0.15) is 5.26 Å². The predicted molar refractivity (Wildman–Crippen MR) is 80.7 cm³/mol. The van der Waals surface area contributed by atoms with E-state index in [2.05, 4.69) is 24.8 Å². The van der Waals surface area contributed by atoms with Crippen LogP contribution in [0.25, 0.3) is 0 Å². The molecule has 2 unspecified atom stereocenters. The van der Waals surface area contributed by atoms with Crippen molar-refractivity contribution in [1.82, 2.24) is 4.90 Å². The number of hydrogen-bond donors (Lipinski definition) is 0. The molecule has 0 radical (unpaired) electrons. The summed E-state index contributed by atoms with van der Waals surface area (Å²) in [5, 5.41) is 8.84. The van der Waals surface area contributed by atoms with Crippen LogP contribution in [0, 0.1) is 23.2 Å². The fraction of sp³-hybridized carbons (Fsp3) is 0.588. The lowest BCUT2D eigenvalue weighted by Crippen LogP contribution is -2.39. The van der Waals surface area contributed by atoms with Crippen LogP contribution in [0.3, 0.4) is 0 Å². The molecule has 20 heavy (non-hydrogen) atoms. The number of rotatable bonds is 5. The maximum Gasteiger partial charge on any atom is 0.120 e. The predicted octanol–water partition coefficient (Wildman–Crippen LogP) is 3.31. The normalized spacial score (nSPS) is 23.2. The summed E-state index contributed by atoms with van der Waals surface area (Å²) in [4.78, 5) is 2.55. The quantitative estimate of drug-likeness (QED) is 0.772. The van der Waals surface area contributed by atoms with Crippen molar-refractivity contribution in [2.75, 3.05) is 26.2 Å². The molecule has 108 valence electrons. The van der Waals surface area contributed by atoms with Crippen LogP contribution < -0.4 is 4.74 Å². The lowest BCUT2D eigenvalue weighted by atomic mass is 9.92. The van der Waals surface area contributed by atoms with E-state index in [9.17, 15) is 0 Å². The van der Waals surface area contributed by atoms with Gasteiger partial charge in [0.25, 0.3) is 0 Å². The van der Waals surface area contributed by atoms with Crippen molar-refractivity contribution in [1.29, 1.82) is 5.26 Å². The highest BCUT2D eigenvalue weighted by atomic mass is 16.5. The minimum Gasteiger partial charge on any atom is -0.494 e. The third-order valence-corrected chi connectivity index (χ3v) is 3.80. The fourth-order valence-electron chi connectivity index (χ4n) is 3.11. The van der Waals surface area contributed by atoms with Gasteiger partial charge < -0.3 is 9.64 Å². The van der Waals surface area contributed by atoms with Gasteiger partial charge in [0, 0.05) is 19.6 Å². The number of nitrogens with zero attached hydrogens (tertiary/aromatic N) is 2. The molecule has 0 saturated carbocycles. The summed E-state index contributed by atoms with van der Waals surface area (Å²) in [6.07, 6.45) is 2.39. The van der Waals surface area contributed by atoms with Gasteiger partial charge in [-0.05, 0) is 42.9 Å². The molecule has 1 heterocycles. The highest BCUT2D eigenvalue weighted by Crippen LogP contribution is 2.21. The zero-order chi connectivity index (χ0) is 14.4. The van der Waals surface area contributed by atoms with Crippen molar-refractivity contribution in [3.63, 3.8) is 0 Å². The van der Waals surface area contributed by atoms with Crippen LogP contribution in [-0.2, 0) is 0 Å². The Morgan fingerprint density at radius 2 is 2.05 bits per heavy atom. The molecule has 1 aliphatic rings. The minimum absolute atomic E-state index is 0.654. The average molecular weight is 272 g/mol. The van der Waals surface area contributed by atoms with Gasteiger partial charge in [0.1, 0.15) is 5.75 Å². The number of nitriles is 1. The first kappa shape index (κ1) is 14.9. The van der Waals surface area contributed by atoms with Crippen LogP contribution in [0.1, 0.15) is 32.3 Å². The second-order valence-corrected chi connectivity index (χ2v) is 6.05. The Kier molecular flexibility index (Phi) is 5.43. The molecule has 1 saturated heterocycles. The number of hydrogen-bond acceptors (Lipinski definition) is 3. The fourth-order valence-corrected chi connectivity index (χ4v) is 3.11. The van der Waals surface area contributed by atoms with Crippen molar-refractivity contribution >= 4 is 0 Å². The standard InChI is InChI=1S/C17H24N2O/c1-14-9-15(2)13-19(12-14)7-4-8-20-17-6-3-5-16(10-17)11-18/h3,5-6,10,14-15H,4,7-9,12-13H2,1-2H3. The molecule has 3 heteroatoms. The molecule has 0 bridgehead atoms. The first-order valence-corrected chi connectivity index (χ1v) is 7.52. The number of likely N-dealkylation sites (tertiary alicyclic amines) is 1. The summed E-state index contributed by atoms with van der Waals surface area (Å²) in [6.45, 7) is 8.93. The van der Waals surface area contributed by atoms with E-state index in [-0.39, 0.29) is 0 Å². The Bertz CT molecular complexity index is 456. The van der Waals surface area contributed by atoms with Gasteiger partial charge in [0.15, 0.2) is 0 Å². The van der Waals surface area contributed by atoms with E-state index in [0.717, 1.165) is 30.6 Å². The summed E-state index contributed by atoms with van der Waals surface area (Å²) in [6, 6.07) is 9.49. The first-order chi connectivity index (χ1) is 9.67. The van der Waals surface area contributed by atoms with Crippen molar-refractivity contribution < 1.29 is 4.74 Å². The van der Waals surface area contributed by atoms with E-state index in [1.807, 2.05) is 12.1 Å². The van der Waals surface area contributed by atoms with Gasteiger partial charge >= 0.3 is 0 Å². The SMILES string of the molecule is CC1CC(C)CN(CCCOc2cccc(C#N)c2)C1. The van der Waals surface area contributed by atoms with Gasteiger partial charge in [0.2, 0.25) is 0 Å². The summed E-state index contributed by atoms with van der Waals surface area (Å²) in [7, 11) is 0.